The van der Waals surface area contributed by atoms with Gasteiger partial charge in [-0.15, -0.1) is 0 Å². The molecule has 11 heteroatoms. The van der Waals surface area contributed by atoms with Crippen LogP contribution in [0.1, 0.15) is 5.56 Å². The van der Waals surface area contributed by atoms with Gasteiger partial charge in [0.15, 0.2) is 0 Å². The fraction of sp³-hybridized carbons (Fsp3) is 0.0667. The van der Waals surface area contributed by atoms with Crippen LogP contribution < -0.4 is 4.72 Å². The van der Waals surface area contributed by atoms with Crippen molar-refractivity contribution in [3.8, 4) is 11.5 Å². The molecule has 0 aliphatic rings. The van der Waals surface area contributed by atoms with Crippen LogP contribution in [0, 0.1) is 11.6 Å². The van der Waals surface area contributed by atoms with Crippen molar-refractivity contribution in [3.63, 3.8) is 0 Å². The number of halogens is 5. The lowest BCUT2D eigenvalue weighted by molar-refractivity contribution is -0.140. The molecule has 3 rings (SSSR count). The molecule has 26 heavy (non-hydrogen) atoms. The van der Waals surface area contributed by atoms with E-state index in [0.717, 1.165) is 6.20 Å². The Morgan fingerprint density at radius 3 is 2.42 bits per heavy atom. The highest BCUT2D eigenvalue weighted by atomic mass is 32.2. The Bertz CT molecular complexity index is 1040. The molecule has 5 nitrogen and oxygen atoms in total. The van der Waals surface area contributed by atoms with Crippen molar-refractivity contribution in [2.75, 3.05) is 4.72 Å². The molecule has 138 valence electrons. The van der Waals surface area contributed by atoms with Crippen LogP contribution in [-0.4, -0.2) is 13.4 Å². The van der Waals surface area contributed by atoms with E-state index >= 15 is 0 Å². The molecule has 0 aliphatic heterocycles. The van der Waals surface area contributed by atoms with Gasteiger partial charge in [0.2, 0.25) is 0 Å². The van der Waals surface area contributed by atoms with Crippen LogP contribution in [0.25, 0.3) is 11.5 Å². The number of benzene rings is 1. The minimum atomic E-state index is -5.11. The molecule has 0 atom stereocenters. The highest BCUT2D eigenvalue weighted by molar-refractivity contribution is 7.92. The second-order valence-electron chi connectivity index (χ2n) is 5.14. The SMILES string of the molecule is O=S(=O)(Nc1cc(F)c(C(F)(F)F)cc1F)c1c[nH]c(-c2ccco2)c1. The summed E-state index contributed by atoms with van der Waals surface area (Å²) < 4.78 is 96.3. The van der Waals surface area contributed by atoms with Crippen molar-refractivity contribution in [2.24, 2.45) is 0 Å². The van der Waals surface area contributed by atoms with Gasteiger partial charge in [-0.05, 0) is 24.3 Å². The van der Waals surface area contributed by atoms with Crippen LogP contribution in [0.4, 0.5) is 27.6 Å². The molecule has 0 saturated carbocycles. The quantitative estimate of drug-likeness (QED) is 0.648. The van der Waals surface area contributed by atoms with E-state index in [1.165, 1.54) is 12.3 Å². The van der Waals surface area contributed by atoms with Gasteiger partial charge < -0.3 is 9.40 Å². The molecule has 0 bridgehead atoms. The lowest BCUT2D eigenvalue weighted by Gasteiger charge is -2.12. The number of aromatic nitrogens is 1. The highest BCUT2D eigenvalue weighted by Gasteiger charge is 2.35. The number of rotatable bonds is 4. The minimum absolute atomic E-state index is 0.113. The number of alkyl halides is 3. The number of aromatic amines is 1. The van der Waals surface area contributed by atoms with Gasteiger partial charge in [0.05, 0.1) is 23.2 Å². The van der Waals surface area contributed by atoms with E-state index in [0.29, 0.717) is 11.5 Å². The van der Waals surface area contributed by atoms with Crippen molar-refractivity contribution >= 4 is 15.7 Å². The molecule has 0 spiro atoms. The van der Waals surface area contributed by atoms with Gasteiger partial charge >= 0.3 is 6.18 Å². The van der Waals surface area contributed by atoms with E-state index in [9.17, 15) is 30.4 Å². The van der Waals surface area contributed by atoms with E-state index in [1.807, 2.05) is 0 Å². The van der Waals surface area contributed by atoms with Gasteiger partial charge in [0.25, 0.3) is 10.0 Å². The molecule has 2 heterocycles. The van der Waals surface area contributed by atoms with Crippen molar-refractivity contribution in [3.05, 3.63) is 60.0 Å². The molecule has 0 saturated heterocycles. The third kappa shape index (κ3) is 3.43. The van der Waals surface area contributed by atoms with Gasteiger partial charge in [-0.3, -0.25) is 4.72 Å². The highest BCUT2D eigenvalue weighted by Crippen LogP contribution is 2.34. The summed E-state index contributed by atoms with van der Waals surface area (Å²) >= 11 is 0. The van der Waals surface area contributed by atoms with Crippen molar-refractivity contribution in [1.82, 2.24) is 4.98 Å². The first-order valence-corrected chi connectivity index (χ1v) is 8.37. The number of sulfonamides is 1. The molecule has 0 amide bonds. The first kappa shape index (κ1) is 18.0. The molecule has 0 aliphatic carbocycles. The summed E-state index contributed by atoms with van der Waals surface area (Å²) in [5.41, 5.74) is -2.48. The van der Waals surface area contributed by atoms with Crippen LogP contribution in [-0.2, 0) is 16.2 Å². The van der Waals surface area contributed by atoms with E-state index in [-0.39, 0.29) is 17.0 Å². The smallest absolute Gasteiger partial charge is 0.419 e. The average molecular weight is 392 g/mol. The second kappa shape index (κ2) is 6.16. The largest absolute Gasteiger partial charge is 0.463 e. The van der Waals surface area contributed by atoms with Gasteiger partial charge in [-0.2, -0.15) is 13.2 Å². The number of anilines is 1. The topological polar surface area (TPSA) is 75.1 Å². The molecule has 0 fully saturated rings. The fourth-order valence-electron chi connectivity index (χ4n) is 2.15. The fourth-order valence-corrected chi connectivity index (χ4v) is 3.20. The summed E-state index contributed by atoms with van der Waals surface area (Å²) in [5.74, 6) is -3.04. The zero-order valence-corrected chi connectivity index (χ0v) is 13.4. The normalized spacial score (nSPS) is 12.3. The monoisotopic (exact) mass is 392 g/mol. The third-order valence-corrected chi connectivity index (χ3v) is 4.70. The van der Waals surface area contributed by atoms with E-state index in [2.05, 4.69) is 4.98 Å². The van der Waals surface area contributed by atoms with Crippen molar-refractivity contribution in [1.29, 1.82) is 0 Å². The maximum atomic E-state index is 13.8. The van der Waals surface area contributed by atoms with Crippen LogP contribution in [0.5, 0.6) is 0 Å². The first-order valence-electron chi connectivity index (χ1n) is 6.89. The number of furan rings is 1. The number of hydrogen-bond acceptors (Lipinski definition) is 3. The number of H-pyrrole nitrogens is 1. The Kier molecular flexibility index (Phi) is 4.26. The molecule has 2 aromatic heterocycles. The Hall–Kier alpha value is -2.82. The van der Waals surface area contributed by atoms with Gasteiger partial charge in [0.1, 0.15) is 22.3 Å². The maximum Gasteiger partial charge on any atom is 0.419 e. The Balaban J connectivity index is 1.92. The lowest BCUT2D eigenvalue weighted by atomic mass is 10.2. The standard InChI is InChI=1S/C15H9F5N2O3S/c16-10-6-12(11(17)5-9(10)15(18,19)20)22-26(23,24)8-4-13(21-7-8)14-2-1-3-25-14/h1-7,21-22H. The molecule has 0 radical (unpaired) electrons. The Morgan fingerprint density at radius 1 is 1.08 bits per heavy atom. The molecule has 1 aromatic carbocycles. The maximum absolute atomic E-state index is 13.8. The van der Waals surface area contributed by atoms with Crippen molar-refractivity contribution < 1.29 is 34.8 Å². The van der Waals surface area contributed by atoms with Crippen LogP contribution in [0.2, 0.25) is 0 Å². The summed E-state index contributed by atoms with van der Waals surface area (Å²) in [7, 11) is -4.38. The van der Waals surface area contributed by atoms with Crippen molar-refractivity contribution in [2.45, 2.75) is 11.1 Å². The molecule has 3 aromatic rings. The van der Waals surface area contributed by atoms with E-state index < -0.39 is 39.1 Å². The molecular weight excluding hydrogens is 383 g/mol. The molecular formula is C15H9F5N2O3S. The number of hydrogen-bond donors (Lipinski definition) is 2. The van der Waals surface area contributed by atoms with Gasteiger partial charge in [-0.25, -0.2) is 17.2 Å². The predicted octanol–water partition coefficient (Wildman–Crippen LogP) is 4.37. The summed E-state index contributed by atoms with van der Waals surface area (Å²) in [6.45, 7) is 0. The first-order chi connectivity index (χ1) is 12.1. The zero-order chi connectivity index (χ0) is 19.1. The van der Waals surface area contributed by atoms with Crippen LogP contribution >= 0.6 is 0 Å². The average Bonchev–Trinajstić information content (AvgIpc) is 3.19. The van der Waals surface area contributed by atoms with Gasteiger partial charge in [-0.1, -0.05) is 0 Å². The van der Waals surface area contributed by atoms with Crippen LogP contribution in [0.15, 0.2) is 52.1 Å². The third-order valence-electron chi connectivity index (χ3n) is 3.36. The predicted molar refractivity (Wildman–Crippen MR) is 80.7 cm³/mol. The summed E-state index contributed by atoms with van der Waals surface area (Å²) in [5, 5.41) is 0. The Labute approximate surface area is 143 Å². The summed E-state index contributed by atoms with van der Waals surface area (Å²) in [4.78, 5) is 2.28. The zero-order valence-electron chi connectivity index (χ0n) is 12.6. The lowest BCUT2D eigenvalue weighted by Crippen LogP contribution is -2.15. The molecule has 2 N–H and O–H groups in total. The number of nitrogens with one attached hydrogen (secondary N) is 2. The molecule has 0 unspecified atom stereocenters. The minimum Gasteiger partial charge on any atom is -0.463 e. The van der Waals surface area contributed by atoms with Crippen LogP contribution in [0.3, 0.4) is 0 Å². The summed E-state index contributed by atoms with van der Waals surface area (Å²) in [6.07, 6.45) is -2.68. The second-order valence-corrected chi connectivity index (χ2v) is 6.82. The Morgan fingerprint density at radius 2 is 1.81 bits per heavy atom. The van der Waals surface area contributed by atoms with E-state index in [4.69, 9.17) is 4.42 Å². The summed E-state index contributed by atoms with van der Waals surface area (Å²) in [6, 6.07) is 4.32. The van der Waals surface area contributed by atoms with E-state index in [1.54, 1.807) is 16.9 Å². The van der Waals surface area contributed by atoms with Gasteiger partial charge in [0, 0.05) is 12.3 Å².